The summed E-state index contributed by atoms with van der Waals surface area (Å²) >= 11 is 3.21. The van der Waals surface area contributed by atoms with Crippen LogP contribution in [0.15, 0.2) is 60.0 Å². The lowest BCUT2D eigenvalue weighted by molar-refractivity contribution is -0.130. The molecule has 4 aromatic rings. The summed E-state index contributed by atoms with van der Waals surface area (Å²) in [5.41, 5.74) is 3.37. The third-order valence-corrected chi connectivity index (χ3v) is 8.49. The maximum absolute atomic E-state index is 12.9. The van der Waals surface area contributed by atoms with Gasteiger partial charge in [-0.2, -0.15) is 0 Å². The molecule has 5 rings (SSSR count). The van der Waals surface area contributed by atoms with E-state index >= 15 is 0 Å². The van der Waals surface area contributed by atoms with Gasteiger partial charge >= 0.3 is 0 Å². The minimum Gasteiger partial charge on any atom is -0.339 e. The van der Waals surface area contributed by atoms with Crippen LogP contribution >= 0.6 is 23.1 Å². The number of aryl methyl sites for hydroxylation is 1. The number of piperazine rings is 1. The van der Waals surface area contributed by atoms with E-state index in [-0.39, 0.29) is 11.9 Å². The van der Waals surface area contributed by atoms with Crippen LogP contribution < -0.4 is 0 Å². The van der Waals surface area contributed by atoms with E-state index in [2.05, 4.69) is 59.3 Å². The first-order chi connectivity index (χ1) is 16.6. The molecule has 1 amide bonds. The molecule has 34 heavy (non-hydrogen) atoms. The number of aromatic nitrogens is 4. The fourth-order valence-corrected chi connectivity index (χ4v) is 6.21. The van der Waals surface area contributed by atoms with E-state index < -0.39 is 0 Å². The molecule has 0 N–H and O–H groups in total. The Balaban J connectivity index is 1.17. The Bertz CT molecular complexity index is 1240. The summed E-state index contributed by atoms with van der Waals surface area (Å²) in [7, 11) is 0. The van der Waals surface area contributed by atoms with Crippen LogP contribution in [0.3, 0.4) is 0 Å². The number of rotatable bonds is 7. The highest BCUT2D eigenvalue weighted by atomic mass is 32.2. The number of carbonyl (C=O) groups excluding carboxylic acids is 1. The molecule has 1 saturated heterocycles. The standard InChI is InChI=1S/C25H28N6OS2/c1-3-19-8-4-6-10-21(19)31-17-26-28-25(31)33-16-23(32)30-14-12-29(13-15-30)18(2)24-27-20-9-5-7-11-22(20)34-24/h4-11,17-18H,3,12-16H2,1-2H3/t18-/m1/s1. The maximum atomic E-state index is 12.9. The first-order valence-corrected chi connectivity index (χ1v) is 13.4. The minimum atomic E-state index is 0.149. The molecule has 1 atom stereocenters. The molecular formula is C25H28N6OS2. The Morgan fingerprint density at radius 2 is 1.85 bits per heavy atom. The molecule has 0 spiro atoms. The van der Waals surface area contributed by atoms with Gasteiger partial charge in [0.1, 0.15) is 11.3 Å². The van der Waals surface area contributed by atoms with Crippen LogP contribution in [0.25, 0.3) is 15.9 Å². The molecule has 1 aliphatic heterocycles. The molecule has 2 aromatic carbocycles. The smallest absolute Gasteiger partial charge is 0.233 e. The van der Waals surface area contributed by atoms with Gasteiger partial charge in [-0.25, -0.2) is 4.98 Å². The number of amides is 1. The molecule has 0 bridgehead atoms. The third kappa shape index (κ3) is 4.73. The van der Waals surface area contributed by atoms with Crippen molar-refractivity contribution >= 4 is 39.2 Å². The highest BCUT2D eigenvalue weighted by Crippen LogP contribution is 2.30. The molecule has 0 radical (unpaired) electrons. The van der Waals surface area contributed by atoms with Crippen LogP contribution in [0.4, 0.5) is 0 Å². The Labute approximate surface area is 207 Å². The first kappa shape index (κ1) is 23.0. The molecule has 7 nitrogen and oxygen atoms in total. The summed E-state index contributed by atoms with van der Waals surface area (Å²) < 4.78 is 3.21. The van der Waals surface area contributed by atoms with E-state index in [9.17, 15) is 4.79 Å². The fourth-order valence-electron chi connectivity index (χ4n) is 4.33. The minimum absolute atomic E-state index is 0.149. The normalized spacial score (nSPS) is 15.6. The molecule has 1 aliphatic rings. The quantitative estimate of drug-likeness (QED) is 0.356. The monoisotopic (exact) mass is 492 g/mol. The largest absolute Gasteiger partial charge is 0.339 e. The number of fused-ring (bicyclic) bond motifs is 1. The Kier molecular flexibility index (Phi) is 6.94. The van der Waals surface area contributed by atoms with E-state index in [1.165, 1.54) is 22.0 Å². The molecule has 9 heteroatoms. The fraction of sp³-hybridized carbons (Fsp3) is 0.360. The first-order valence-electron chi connectivity index (χ1n) is 11.6. The average molecular weight is 493 g/mol. The van der Waals surface area contributed by atoms with Gasteiger partial charge in [0.05, 0.1) is 27.7 Å². The lowest BCUT2D eigenvalue weighted by atomic mass is 10.1. The predicted octanol–water partition coefficient (Wildman–Crippen LogP) is 4.44. The van der Waals surface area contributed by atoms with Gasteiger partial charge in [-0.05, 0) is 37.1 Å². The Morgan fingerprint density at radius 1 is 1.09 bits per heavy atom. The van der Waals surface area contributed by atoms with Gasteiger partial charge in [-0.15, -0.1) is 21.5 Å². The summed E-state index contributed by atoms with van der Waals surface area (Å²) in [6, 6.07) is 16.8. The van der Waals surface area contributed by atoms with E-state index in [1.807, 2.05) is 27.7 Å². The molecule has 1 fully saturated rings. The van der Waals surface area contributed by atoms with Crippen molar-refractivity contribution in [2.24, 2.45) is 0 Å². The summed E-state index contributed by atoms with van der Waals surface area (Å²) in [6.07, 6.45) is 2.65. The highest BCUT2D eigenvalue weighted by Gasteiger charge is 2.26. The predicted molar refractivity (Wildman–Crippen MR) is 138 cm³/mol. The van der Waals surface area contributed by atoms with Crippen molar-refractivity contribution in [3.05, 3.63) is 65.4 Å². The number of thiazole rings is 1. The van der Waals surface area contributed by atoms with Crippen LogP contribution in [-0.2, 0) is 11.2 Å². The van der Waals surface area contributed by atoms with Gasteiger partial charge in [0, 0.05) is 26.2 Å². The second-order valence-electron chi connectivity index (χ2n) is 8.37. The zero-order valence-electron chi connectivity index (χ0n) is 19.4. The van der Waals surface area contributed by atoms with Gasteiger partial charge in [0.2, 0.25) is 5.91 Å². The SMILES string of the molecule is CCc1ccccc1-n1cnnc1SCC(=O)N1CCN([C@H](C)c2nc3ccccc3s2)CC1. The van der Waals surface area contributed by atoms with Crippen molar-refractivity contribution in [3.63, 3.8) is 0 Å². The van der Waals surface area contributed by atoms with Crippen LogP contribution in [0.2, 0.25) is 0 Å². The van der Waals surface area contributed by atoms with Gasteiger partial charge in [-0.3, -0.25) is 14.3 Å². The van der Waals surface area contributed by atoms with Crippen molar-refractivity contribution in [1.82, 2.24) is 29.5 Å². The molecule has 0 unspecified atom stereocenters. The molecule has 2 aromatic heterocycles. The van der Waals surface area contributed by atoms with Crippen LogP contribution in [0, 0.1) is 0 Å². The topological polar surface area (TPSA) is 67.2 Å². The number of benzene rings is 2. The molecule has 0 aliphatic carbocycles. The summed E-state index contributed by atoms with van der Waals surface area (Å²) in [5, 5.41) is 10.2. The van der Waals surface area contributed by atoms with Gasteiger partial charge in [0.25, 0.3) is 0 Å². The zero-order chi connectivity index (χ0) is 23.5. The Morgan fingerprint density at radius 3 is 2.65 bits per heavy atom. The van der Waals surface area contributed by atoms with E-state index in [0.29, 0.717) is 5.75 Å². The second-order valence-corrected chi connectivity index (χ2v) is 10.4. The summed E-state index contributed by atoms with van der Waals surface area (Å²) in [5.74, 6) is 0.510. The van der Waals surface area contributed by atoms with Crippen molar-refractivity contribution < 1.29 is 4.79 Å². The van der Waals surface area contributed by atoms with Gasteiger partial charge in [0.15, 0.2) is 5.16 Å². The maximum Gasteiger partial charge on any atom is 0.233 e. The van der Waals surface area contributed by atoms with E-state index in [4.69, 9.17) is 4.98 Å². The van der Waals surface area contributed by atoms with Crippen molar-refractivity contribution in [3.8, 4) is 5.69 Å². The average Bonchev–Trinajstić information content (AvgIpc) is 3.54. The van der Waals surface area contributed by atoms with Crippen molar-refractivity contribution in [2.75, 3.05) is 31.9 Å². The van der Waals surface area contributed by atoms with Crippen molar-refractivity contribution in [1.29, 1.82) is 0 Å². The third-order valence-electron chi connectivity index (χ3n) is 6.36. The number of para-hydroxylation sites is 2. The lowest BCUT2D eigenvalue weighted by Gasteiger charge is -2.37. The van der Waals surface area contributed by atoms with Crippen molar-refractivity contribution in [2.45, 2.75) is 31.5 Å². The van der Waals surface area contributed by atoms with E-state index in [1.54, 1.807) is 17.7 Å². The zero-order valence-corrected chi connectivity index (χ0v) is 21.1. The van der Waals surface area contributed by atoms with Crippen LogP contribution in [0.5, 0.6) is 0 Å². The molecular weight excluding hydrogens is 464 g/mol. The lowest BCUT2D eigenvalue weighted by Crippen LogP contribution is -2.49. The number of thioether (sulfide) groups is 1. The molecule has 3 heterocycles. The number of nitrogens with zero attached hydrogens (tertiary/aromatic N) is 6. The number of carbonyl (C=O) groups is 1. The van der Waals surface area contributed by atoms with Crippen LogP contribution in [0.1, 0.15) is 30.5 Å². The van der Waals surface area contributed by atoms with E-state index in [0.717, 1.165) is 54.0 Å². The second kappa shape index (κ2) is 10.2. The summed E-state index contributed by atoms with van der Waals surface area (Å²) in [6.45, 7) is 7.53. The van der Waals surface area contributed by atoms with Gasteiger partial charge < -0.3 is 4.90 Å². The highest BCUT2D eigenvalue weighted by molar-refractivity contribution is 7.99. The number of hydrogen-bond acceptors (Lipinski definition) is 7. The molecule has 176 valence electrons. The van der Waals surface area contributed by atoms with Crippen LogP contribution in [-0.4, -0.2) is 67.4 Å². The summed E-state index contributed by atoms with van der Waals surface area (Å²) in [4.78, 5) is 22.2. The Hall–Kier alpha value is -2.75. The van der Waals surface area contributed by atoms with Gasteiger partial charge in [-0.1, -0.05) is 49.0 Å². The molecule has 0 saturated carbocycles. The number of hydrogen-bond donors (Lipinski definition) is 0.